The minimum absolute atomic E-state index is 0.252. The normalized spacial score (nSPS) is 11.7. The van der Waals surface area contributed by atoms with E-state index in [1.807, 2.05) is 66.3 Å². The van der Waals surface area contributed by atoms with Gasteiger partial charge in [-0.2, -0.15) is 0 Å². The van der Waals surface area contributed by atoms with Crippen LogP contribution in [0.2, 0.25) is 5.02 Å². The summed E-state index contributed by atoms with van der Waals surface area (Å²) < 4.78 is 7.11. The molecule has 2 aromatic carbocycles. The first-order valence-corrected chi connectivity index (χ1v) is 9.34. The third-order valence-electron chi connectivity index (χ3n) is 4.45. The summed E-state index contributed by atoms with van der Waals surface area (Å²) in [5.41, 5.74) is 2.03. The van der Waals surface area contributed by atoms with Gasteiger partial charge >= 0.3 is 6.03 Å². The number of ether oxygens (including phenoxy) is 1. The Kier molecular flexibility index (Phi) is 6.55. The SMILES string of the molecule is COc1ccc([C@@H](NC(=O)NCCc2ccc(Cl)cc2)c2nccn2C)cc1. The number of halogens is 1. The van der Waals surface area contributed by atoms with Crippen molar-refractivity contribution in [3.05, 3.63) is 82.9 Å². The molecule has 0 aliphatic heterocycles. The smallest absolute Gasteiger partial charge is 0.315 e. The quantitative estimate of drug-likeness (QED) is 0.637. The molecule has 2 N–H and O–H groups in total. The van der Waals surface area contributed by atoms with Gasteiger partial charge in [-0.05, 0) is 41.8 Å². The summed E-state index contributed by atoms with van der Waals surface area (Å²) in [7, 11) is 3.52. The summed E-state index contributed by atoms with van der Waals surface area (Å²) in [6.45, 7) is 0.517. The molecule has 146 valence electrons. The van der Waals surface area contributed by atoms with E-state index in [0.717, 1.165) is 29.1 Å². The zero-order chi connectivity index (χ0) is 19.9. The fourth-order valence-corrected chi connectivity index (χ4v) is 3.03. The zero-order valence-electron chi connectivity index (χ0n) is 15.9. The maximum absolute atomic E-state index is 12.5. The van der Waals surface area contributed by atoms with Gasteiger partial charge in [-0.25, -0.2) is 9.78 Å². The molecule has 1 atom stereocenters. The molecule has 3 aromatic rings. The van der Waals surface area contributed by atoms with Gasteiger partial charge in [0.05, 0.1) is 7.11 Å². The maximum Gasteiger partial charge on any atom is 0.315 e. The first-order valence-electron chi connectivity index (χ1n) is 8.97. The van der Waals surface area contributed by atoms with Crippen LogP contribution in [0.1, 0.15) is 23.0 Å². The zero-order valence-corrected chi connectivity index (χ0v) is 16.6. The third kappa shape index (κ3) is 5.04. The van der Waals surface area contributed by atoms with Crippen molar-refractivity contribution >= 4 is 17.6 Å². The van der Waals surface area contributed by atoms with Crippen LogP contribution >= 0.6 is 11.6 Å². The molecule has 0 radical (unpaired) electrons. The number of rotatable bonds is 7. The minimum Gasteiger partial charge on any atom is -0.497 e. The lowest BCUT2D eigenvalue weighted by molar-refractivity contribution is 0.238. The van der Waals surface area contributed by atoms with E-state index in [2.05, 4.69) is 15.6 Å². The van der Waals surface area contributed by atoms with Gasteiger partial charge in [-0.15, -0.1) is 0 Å². The Morgan fingerprint density at radius 3 is 2.50 bits per heavy atom. The van der Waals surface area contributed by atoms with E-state index in [4.69, 9.17) is 16.3 Å². The molecule has 0 fully saturated rings. The van der Waals surface area contributed by atoms with Crippen molar-refractivity contribution in [3.8, 4) is 5.75 Å². The average Bonchev–Trinajstić information content (AvgIpc) is 3.13. The van der Waals surface area contributed by atoms with Crippen molar-refractivity contribution in [1.29, 1.82) is 0 Å². The van der Waals surface area contributed by atoms with Crippen LogP contribution in [-0.4, -0.2) is 29.2 Å². The molecule has 1 aromatic heterocycles. The van der Waals surface area contributed by atoms with Crippen LogP contribution in [0.25, 0.3) is 0 Å². The van der Waals surface area contributed by atoms with Crippen molar-refractivity contribution < 1.29 is 9.53 Å². The van der Waals surface area contributed by atoms with Gasteiger partial charge in [0, 0.05) is 31.0 Å². The third-order valence-corrected chi connectivity index (χ3v) is 4.71. The minimum atomic E-state index is -0.374. The summed E-state index contributed by atoms with van der Waals surface area (Å²) in [6.07, 6.45) is 4.29. The second kappa shape index (κ2) is 9.28. The molecule has 6 nitrogen and oxygen atoms in total. The van der Waals surface area contributed by atoms with E-state index in [9.17, 15) is 4.79 Å². The first-order chi connectivity index (χ1) is 13.6. The number of hydrogen-bond donors (Lipinski definition) is 2. The molecule has 28 heavy (non-hydrogen) atoms. The molecule has 0 aliphatic rings. The van der Waals surface area contributed by atoms with Crippen molar-refractivity contribution in [2.75, 3.05) is 13.7 Å². The highest BCUT2D eigenvalue weighted by Crippen LogP contribution is 2.22. The number of imidazole rings is 1. The Morgan fingerprint density at radius 2 is 1.89 bits per heavy atom. The molecule has 0 bridgehead atoms. The Hall–Kier alpha value is -2.99. The number of hydrogen-bond acceptors (Lipinski definition) is 3. The Bertz CT molecular complexity index is 907. The number of methoxy groups -OCH3 is 1. The lowest BCUT2D eigenvalue weighted by atomic mass is 10.1. The second-order valence-electron chi connectivity index (χ2n) is 6.38. The number of carbonyl (C=O) groups excluding carboxylic acids is 1. The van der Waals surface area contributed by atoms with Crippen molar-refractivity contribution in [2.45, 2.75) is 12.5 Å². The number of benzene rings is 2. The Labute approximate surface area is 169 Å². The van der Waals surface area contributed by atoms with Gasteiger partial charge in [0.1, 0.15) is 17.6 Å². The van der Waals surface area contributed by atoms with Gasteiger partial charge < -0.3 is 19.9 Å². The predicted octanol–water partition coefficient (Wildman–Crippen LogP) is 3.71. The van der Waals surface area contributed by atoms with Crippen LogP contribution in [0.4, 0.5) is 4.79 Å². The fourth-order valence-electron chi connectivity index (χ4n) is 2.90. The van der Waals surface area contributed by atoms with E-state index < -0.39 is 0 Å². The number of amides is 2. The van der Waals surface area contributed by atoms with Gasteiger partial charge in [-0.3, -0.25) is 0 Å². The van der Waals surface area contributed by atoms with Crippen molar-refractivity contribution in [3.63, 3.8) is 0 Å². The molecule has 0 saturated heterocycles. The molecule has 2 amide bonds. The van der Waals surface area contributed by atoms with Crippen LogP contribution < -0.4 is 15.4 Å². The number of nitrogens with zero attached hydrogens (tertiary/aromatic N) is 2. The van der Waals surface area contributed by atoms with Crippen LogP contribution in [-0.2, 0) is 13.5 Å². The largest absolute Gasteiger partial charge is 0.497 e. The molecule has 1 heterocycles. The number of urea groups is 1. The standard InChI is InChI=1S/C21H23ClN4O2/c1-26-14-13-23-20(26)19(16-5-9-18(28-2)10-6-16)25-21(27)24-12-11-15-3-7-17(22)8-4-15/h3-10,13-14,19H,11-12H2,1-2H3,(H2,24,25,27)/t19-/m1/s1. The highest BCUT2D eigenvalue weighted by atomic mass is 35.5. The predicted molar refractivity (Wildman–Crippen MR) is 110 cm³/mol. The highest BCUT2D eigenvalue weighted by molar-refractivity contribution is 6.30. The molecule has 3 rings (SSSR count). The number of aryl methyl sites for hydroxylation is 1. The summed E-state index contributed by atoms with van der Waals surface area (Å²) in [5, 5.41) is 6.62. The molecule has 0 saturated carbocycles. The summed E-state index contributed by atoms with van der Waals surface area (Å²) >= 11 is 5.90. The van der Waals surface area contributed by atoms with Crippen LogP contribution in [0.3, 0.4) is 0 Å². The van der Waals surface area contributed by atoms with Crippen LogP contribution in [0.5, 0.6) is 5.75 Å². The van der Waals surface area contributed by atoms with E-state index >= 15 is 0 Å². The Balaban J connectivity index is 1.65. The first kappa shape index (κ1) is 19.8. The number of nitrogens with one attached hydrogen (secondary N) is 2. The lowest BCUT2D eigenvalue weighted by Gasteiger charge is -2.20. The number of carbonyl (C=O) groups is 1. The Morgan fingerprint density at radius 1 is 1.18 bits per heavy atom. The van der Waals surface area contributed by atoms with E-state index in [-0.39, 0.29) is 12.1 Å². The molecule has 7 heteroatoms. The van der Waals surface area contributed by atoms with Crippen molar-refractivity contribution in [2.24, 2.45) is 7.05 Å². The monoisotopic (exact) mass is 398 g/mol. The summed E-state index contributed by atoms with van der Waals surface area (Å²) in [4.78, 5) is 16.9. The average molecular weight is 399 g/mol. The van der Waals surface area contributed by atoms with Crippen molar-refractivity contribution in [1.82, 2.24) is 20.2 Å². The highest BCUT2D eigenvalue weighted by Gasteiger charge is 2.20. The fraction of sp³-hybridized carbons (Fsp3) is 0.238. The van der Waals surface area contributed by atoms with Crippen LogP contribution in [0, 0.1) is 0 Å². The topological polar surface area (TPSA) is 68.2 Å². The van der Waals surface area contributed by atoms with Gasteiger partial charge in [-0.1, -0.05) is 35.9 Å². The van der Waals surface area contributed by atoms with Gasteiger partial charge in [0.25, 0.3) is 0 Å². The van der Waals surface area contributed by atoms with Gasteiger partial charge in [0.2, 0.25) is 0 Å². The van der Waals surface area contributed by atoms with E-state index in [1.54, 1.807) is 13.3 Å². The van der Waals surface area contributed by atoms with E-state index in [0.29, 0.717) is 11.6 Å². The van der Waals surface area contributed by atoms with Crippen LogP contribution in [0.15, 0.2) is 60.9 Å². The lowest BCUT2D eigenvalue weighted by Crippen LogP contribution is -2.40. The van der Waals surface area contributed by atoms with Gasteiger partial charge in [0.15, 0.2) is 0 Å². The maximum atomic E-state index is 12.5. The van der Waals surface area contributed by atoms with E-state index in [1.165, 1.54) is 0 Å². The summed E-state index contributed by atoms with van der Waals surface area (Å²) in [6, 6.07) is 14.6. The molecule has 0 unspecified atom stereocenters. The summed E-state index contributed by atoms with van der Waals surface area (Å²) in [5.74, 6) is 1.51. The molecular formula is C21H23ClN4O2. The molecule has 0 spiro atoms. The number of aromatic nitrogens is 2. The second-order valence-corrected chi connectivity index (χ2v) is 6.82. The molecular weight excluding hydrogens is 376 g/mol. The molecule has 0 aliphatic carbocycles.